The molecule has 2 nitrogen and oxygen atoms in total. The normalized spacial score (nSPS) is 10.3. The Balaban J connectivity index is 0.000000671. The quantitative estimate of drug-likeness (QED) is 0.631. The molecule has 0 aliphatic carbocycles. The minimum Gasteiger partial charge on any atom is -0.261 e. The maximum Gasteiger partial charge on any atom is 0.434 e. The Morgan fingerprint density at radius 3 is 2.00 bits per heavy atom. The largest absolute Gasteiger partial charge is 0.434 e. The molecule has 0 atom stereocenters. The predicted molar refractivity (Wildman–Crippen MR) is 43.1 cm³/mol. The summed E-state index contributed by atoms with van der Waals surface area (Å²) >= 11 is 0. The molecule has 0 saturated heterocycles. The van der Waals surface area contributed by atoms with E-state index in [1.54, 1.807) is 0 Å². The number of aromatic nitrogens is 2. The SMILES string of the molecule is CC.Cc1cncc(C(F)(F)F)n1. The molecule has 1 heterocycles. The Kier molecular flexibility index (Phi) is 4.37. The minimum atomic E-state index is -4.39. The number of aryl methyl sites for hydroxylation is 1. The molecule has 0 aromatic carbocycles. The van der Waals surface area contributed by atoms with Gasteiger partial charge in [-0.25, -0.2) is 4.98 Å². The maximum absolute atomic E-state index is 11.9. The van der Waals surface area contributed by atoms with Crippen LogP contribution in [0.4, 0.5) is 13.2 Å². The zero-order valence-electron chi connectivity index (χ0n) is 7.68. The first-order chi connectivity index (χ1) is 6.00. The molecular formula is C8H11F3N2. The maximum atomic E-state index is 11.9. The summed E-state index contributed by atoms with van der Waals surface area (Å²) in [4.78, 5) is 6.63. The van der Waals surface area contributed by atoms with Crippen molar-refractivity contribution in [1.29, 1.82) is 0 Å². The van der Waals surface area contributed by atoms with E-state index in [1.807, 2.05) is 13.8 Å². The molecule has 0 spiro atoms. The van der Waals surface area contributed by atoms with E-state index in [0.29, 0.717) is 6.20 Å². The Morgan fingerprint density at radius 2 is 1.69 bits per heavy atom. The Morgan fingerprint density at radius 1 is 1.15 bits per heavy atom. The number of rotatable bonds is 0. The summed E-state index contributed by atoms with van der Waals surface area (Å²) in [5.41, 5.74) is -0.683. The molecule has 13 heavy (non-hydrogen) atoms. The van der Waals surface area contributed by atoms with Gasteiger partial charge in [0.2, 0.25) is 0 Å². The van der Waals surface area contributed by atoms with Gasteiger partial charge in [0.05, 0.1) is 11.9 Å². The van der Waals surface area contributed by atoms with Crippen molar-refractivity contribution in [2.75, 3.05) is 0 Å². The van der Waals surface area contributed by atoms with Crippen molar-refractivity contribution in [3.05, 3.63) is 23.8 Å². The second-order valence-electron chi connectivity index (χ2n) is 2.04. The monoisotopic (exact) mass is 192 g/mol. The topological polar surface area (TPSA) is 25.8 Å². The summed E-state index contributed by atoms with van der Waals surface area (Å²) in [5.74, 6) is 0. The zero-order chi connectivity index (χ0) is 10.5. The Bertz CT molecular complexity index is 258. The zero-order valence-corrected chi connectivity index (χ0v) is 7.68. The van der Waals surface area contributed by atoms with Gasteiger partial charge < -0.3 is 0 Å². The van der Waals surface area contributed by atoms with Crippen molar-refractivity contribution in [2.24, 2.45) is 0 Å². The van der Waals surface area contributed by atoms with Crippen LogP contribution in [0.3, 0.4) is 0 Å². The van der Waals surface area contributed by atoms with E-state index in [0.717, 1.165) is 0 Å². The molecular weight excluding hydrogens is 181 g/mol. The van der Waals surface area contributed by atoms with Gasteiger partial charge in [-0.2, -0.15) is 13.2 Å². The molecule has 0 radical (unpaired) electrons. The third-order valence-corrected chi connectivity index (χ3v) is 1.05. The van der Waals surface area contributed by atoms with Gasteiger partial charge in [-0.05, 0) is 6.92 Å². The van der Waals surface area contributed by atoms with Gasteiger partial charge in [0, 0.05) is 6.20 Å². The van der Waals surface area contributed by atoms with E-state index in [4.69, 9.17) is 0 Å². The molecule has 1 rings (SSSR count). The summed E-state index contributed by atoms with van der Waals surface area (Å²) < 4.78 is 35.6. The van der Waals surface area contributed by atoms with Gasteiger partial charge in [0.25, 0.3) is 0 Å². The molecule has 0 unspecified atom stereocenters. The molecule has 0 aliphatic rings. The number of nitrogens with zero attached hydrogens (tertiary/aromatic N) is 2. The minimum absolute atomic E-state index is 0.264. The van der Waals surface area contributed by atoms with Crippen LogP contribution >= 0.6 is 0 Å². The van der Waals surface area contributed by atoms with E-state index in [1.165, 1.54) is 13.1 Å². The summed E-state index contributed by atoms with van der Waals surface area (Å²) in [6.45, 7) is 5.46. The van der Waals surface area contributed by atoms with Crippen molar-refractivity contribution < 1.29 is 13.2 Å². The van der Waals surface area contributed by atoms with E-state index in [2.05, 4.69) is 9.97 Å². The highest BCUT2D eigenvalue weighted by molar-refractivity contribution is 5.04. The first-order valence-corrected chi connectivity index (χ1v) is 3.86. The lowest BCUT2D eigenvalue weighted by Gasteiger charge is -2.03. The average molecular weight is 192 g/mol. The van der Waals surface area contributed by atoms with Gasteiger partial charge in [0.15, 0.2) is 5.69 Å². The standard InChI is InChI=1S/C6H5F3N2.C2H6/c1-4-2-10-3-5(11-4)6(7,8)9;1-2/h2-3H,1H3;1-2H3. The number of hydrogen-bond donors (Lipinski definition) is 0. The molecule has 0 aliphatic heterocycles. The summed E-state index contributed by atoms with van der Waals surface area (Å²) in [7, 11) is 0. The lowest BCUT2D eigenvalue weighted by molar-refractivity contribution is -0.141. The van der Waals surface area contributed by atoms with Gasteiger partial charge in [-0.15, -0.1) is 0 Å². The molecule has 0 fully saturated rings. The van der Waals surface area contributed by atoms with Crippen LogP contribution in [0.5, 0.6) is 0 Å². The van der Waals surface area contributed by atoms with Crippen LogP contribution in [0.2, 0.25) is 0 Å². The fourth-order valence-corrected chi connectivity index (χ4v) is 0.600. The van der Waals surface area contributed by atoms with Crippen LogP contribution in [-0.2, 0) is 6.18 Å². The van der Waals surface area contributed by atoms with Crippen LogP contribution in [0, 0.1) is 6.92 Å². The Hall–Kier alpha value is -1.13. The molecule has 0 bridgehead atoms. The van der Waals surface area contributed by atoms with E-state index >= 15 is 0 Å². The van der Waals surface area contributed by atoms with Crippen molar-refractivity contribution in [2.45, 2.75) is 26.9 Å². The van der Waals surface area contributed by atoms with Crippen LogP contribution in [0.1, 0.15) is 25.2 Å². The Labute approximate surface area is 74.8 Å². The lowest BCUT2D eigenvalue weighted by atomic mass is 10.4. The van der Waals surface area contributed by atoms with Gasteiger partial charge in [-0.3, -0.25) is 4.98 Å². The van der Waals surface area contributed by atoms with Crippen LogP contribution < -0.4 is 0 Å². The third-order valence-electron chi connectivity index (χ3n) is 1.05. The highest BCUT2D eigenvalue weighted by atomic mass is 19.4. The average Bonchev–Trinajstić information content (AvgIpc) is 2.06. The molecule has 74 valence electrons. The van der Waals surface area contributed by atoms with Crippen molar-refractivity contribution in [3.8, 4) is 0 Å². The highest BCUT2D eigenvalue weighted by Crippen LogP contribution is 2.26. The number of halogens is 3. The van der Waals surface area contributed by atoms with Crippen molar-refractivity contribution in [3.63, 3.8) is 0 Å². The van der Waals surface area contributed by atoms with E-state index in [9.17, 15) is 13.2 Å². The second kappa shape index (κ2) is 4.79. The summed E-state index contributed by atoms with van der Waals surface area (Å²) in [6.07, 6.45) is -2.42. The van der Waals surface area contributed by atoms with Crippen LogP contribution in [0.15, 0.2) is 12.4 Å². The third kappa shape index (κ3) is 3.87. The van der Waals surface area contributed by atoms with Crippen molar-refractivity contribution in [1.82, 2.24) is 9.97 Å². The number of alkyl halides is 3. The fraction of sp³-hybridized carbons (Fsp3) is 0.500. The molecule has 0 amide bonds. The van der Waals surface area contributed by atoms with Gasteiger partial charge >= 0.3 is 6.18 Å². The lowest BCUT2D eigenvalue weighted by Crippen LogP contribution is -2.08. The molecule has 0 saturated carbocycles. The van der Waals surface area contributed by atoms with Crippen LogP contribution in [0.25, 0.3) is 0 Å². The van der Waals surface area contributed by atoms with E-state index in [-0.39, 0.29) is 5.69 Å². The molecule has 1 aromatic heterocycles. The summed E-state index contributed by atoms with van der Waals surface area (Å²) in [5, 5.41) is 0. The predicted octanol–water partition coefficient (Wildman–Crippen LogP) is 2.83. The van der Waals surface area contributed by atoms with Gasteiger partial charge in [-0.1, -0.05) is 13.8 Å². The van der Waals surface area contributed by atoms with Crippen LogP contribution in [-0.4, -0.2) is 9.97 Å². The van der Waals surface area contributed by atoms with Crippen molar-refractivity contribution >= 4 is 0 Å². The first-order valence-electron chi connectivity index (χ1n) is 3.86. The molecule has 1 aromatic rings. The smallest absolute Gasteiger partial charge is 0.261 e. The first kappa shape index (κ1) is 11.9. The molecule has 0 N–H and O–H groups in total. The summed E-state index contributed by atoms with van der Waals surface area (Å²) in [6, 6.07) is 0. The molecule has 5 heteroatoms. The van der Waals surface area contributed by atoms with Gasteiger partial charge in [0.1, 0.15) is 0 Å². The van der Waals surface area contributed by atoms with E-state index < -0.39 is 11.9 Å². The highest BCUT2D eigenvalue weighted by Gasteiger charge is 2.32. The fourth-order valence-electron chi connectivity index (χ4n) is 0.600. The number of hydrogen-bond acceptors (Lipinski definition) is 2. The second-order valence-corrected chi connectivity index (χ2v) is 2.04.